The first-order valence-electron chi connectivity index (χ1n) is 3.18. The Morgan fingerprint density at radius 1 is 1.45 bits per heavy atom. The lowest BCUT2D eigenvalue weighted by Crippen LogP contribution is -1.84. The second-order valence-electron chi connectivity index (χ2n) is 1.81. The van der Waals surface area contributed by atoms with Crippen molar-refractivity contribution in [2.75, 3.05) is 0 Å². The Labute approximate surface area is 65.3 Å². The largest absolute Gasteiger partial charge is 0.478 e. The molecule has 0 heterocycles. The van der Waals surface area contributed by atoms with Crippen molar-refractivity contribution in [3.63, 3.8) is 0 Å². The van der Waals surface area contributed by atoms with Crippen molar-refractivity contribution in [1.29, 1.82) is 5.26 Å². The second-order valence-corrected chi connectivity index (χ2v) is 1.81. The van der Waals surface area contributed by atoms with E-state index in [4.69, 9.17) is 10.4 Å². The van der Waals surface area contributed by atoms with E-state index in [1.54, 1.807) is 12.2 Å². The molecule has 0 amide bonds. The van der Waals surface area contributed by atoms with Gasteiger partial charge in [0.1, 0.15) is 0 Å². The van der Waals surface area contributed by atoms with Crippen molar-refractivity contribution in [1.82, 2.24) is 0 Å². The lowest BCUT2D eigenvalue weighted by atomic mass is 10.3. The van der Waals surface area contributed by atoms with Gasteiger partial charge in [-0.2, -0.15) is 5.26 Å². The summed E-state index contributed by atoms with van der Waals surface area (Å²) in [5.74, 6) is -0.946. The van der Waals surface area contributed by atoms with Gasteiger partial charge < -0.3 is 5.11 Å². The summed E-state index contributed by atoms with van der Waals surface area (Å²) in [7, 11) is 0. The van der Waals surface area contributed by atoms with Crippen molar-refractivity contribution in [2.45, 2.75) is 12.8 Å². The monoisotopic (exact) mass is 151 g/mol. The second kappa shape index (κ2) is 6.56. The number of nitriles is 1. The van der Waals surface area contributed by atoms with Gasteiger partial charge in [-0.1, -0.05) is 18.2 Å². The summed E-state index contributed by atoms with van der Waals surface area (Å²) >= 11 is 0. The molecule has 0 radical (unpaired) electrons. The number of carboxylic acids is 1. The van der Waals surface area contributed by atoms with Gasteiger partial charge in [0, 0.05) is 6.08 Å². The zero-order chi connectivity index (χ0) is 8.53. The first kappa shape index (κ1) is 9.44. The van der Waals surface area contributed by atoms with E-state index < -0.39 is 5.97 Å². The Morgan fingerprint density at radius 2 is 2.18 bits per heavy atom. The normalized spacial score (nSPS) is 10.5. The minimum absolute atomic E-state index is 0.376. The zero-order valence-corrected chi connectivity index (χ0v) is 6.03. The van der Waals surface area contributed by atoms with Crippen molar-refractivity contribution in [2.24, 2.45) is 0 Å². The third kappa shape index (κ3) is 8.44. The molecule has 0 aliphatic carbocycles. The Balaban J connectivity index is 3.42. The standard InChI is InChI=1S/C8H9NO2/c9-7-5-3-1-2-4-6-8(10)11/h1,3-4,6H,2,5H2,(H,10,11). The maximum Gasteiger partial charge on any atom is 0.327 e. The van der Waals surface area contributed by atoms with Crippen LogP contribution in [-0.2, 0) is 4.79 Å². The predicted octanol–water partition coefficient (Wildman–Crippen LogP) is 1.49. The van der Waals surface area contributed by atoms with Gasteiger partial charge in [0.2, 0.25) is 0 Å². The van der Waals surface area contributed by atoms with Crippen LogP contribution in [0.25, 0.3) is 0 Å². The molecule has 0 spiro atoms. The quantitative estimate of drug-likeness (QED) is 0.489. The van der Waals surface area contributed by atoms with Crippen molar-refractivity contribution < 1.29 is 9.90 Å². The number of carbonyl (C=O) groups is 1. The molecule has 0 unspecified atom stereocenters. The van der Waals surface area contributed by atoms with Crippen LogP contribution in [0.15, 0.2) is 24.3 Å². The highest BCUT2D eigenvalue weighted by Gasteiger charge is 1.81. The van der Waals surface area contributed by atoms with Crippen LogP contribution >= 0.6 is 0 Å². The maximum atomic E-state index is 9.92. The van der Waals surface area contributed by atoms with Crippen molar-refractivity contribution in [3.8, 4) is 6.07 Å². The Kier molecular flexibility index (Phi) is 5.63. The summed E-state index contributed by atoms with van der Waals surface area (Å²) < 4.78 is 0. The minimum Gasteiger partial charge on any atom is -0.478 e. The molecule has 0 aliphatic rings. The predicted molar refractivity (Wildman–Crippen MR) is 40.8 cm³/mol. The van der Waals surface area contributed by atoms with Crippen molar-refractivity contribution in [3.05, 3.63) is 24.3 Å². The van der Waals surface area contributed by atoms with E-state index in [0.29, 0.717) is 12.8 Å². The third-order valence-corrected chi connectivity index (χ3v) is 0.908. The van der Waals surface area contributed by atoms with Crippen LogP contribution in [0.5, 0.6) is 0 Å². The van der Waals surface area contributed by atoms with Gasteiger partial charge >= 0.3 is 5.97 Å². The summed E-state index contributed by atoms with van der Waals surface area (Å²) in [5, 5.41) is 16.3. The number of allylic oxidation sites excluding steroid dienone is 3. The molecule has 0 aromatic rings. The molecule has 0 aliphatic heterocycles. The van der Waals surface area contributed by atoms with Gasteiger partial charge in [0.05, 0.1) is 12.5 Å². The zero-order valence-electron chi connectivity index (χ0n) is 6.03. The molecular weight excluding hydrogens is 142 g/mol. The van der Waals surface area contributed by atoms with Crippen molar-refractivity contribution >= 4 is 5.97 Å². The van der Waals surface area contributed by atoms with E-state index >= 15 is 0 Å². The van der Waals surface area contributed by atoms with Gasteiger partial charge in [0.15, 0.2) is 0 Å². The molecule has 0 bridgehead atoms. The highest BCUT2D eigenvalue weighted by Crippen LogP contribution is 1.87. The van der Waals surface area contributed by atoms with Gasteiger partial charge in [-0.3, -0.25) is 0 Å². The average Bonchev–Trinajstić information content (AvgIpc) is 1.96. The molecule has 0 aromatic heterocycles. The Hall–Kier alpha value is -1.56. The first-order valence-corrected chi connectivity index (χ1v) is 3.18. The van der Waals surface area contributed by atoms with Crippen LogP contribution in [0, 0.1) is 11.3 Å². The highest BCUT2D eigenvalue weighted by molar-refractivity contribution is 5.79. The van der Waals surface area contributed by atoms with Crippen LogP contribution in [-0.4, -0.2) is 11.1 Å². The number of carboxylic acid groups (broad SMARTS) is 1. The molecule has 0 atom stereocenters. The number of hydrogen-bond donors (Lipinski definition) is 1. The number of hydrogen-bond acceptors (Lipinski definition) is 2. The average molecular weight is 151 g/mol. The summed E-state index contributed by atoms with van der Waals surface area (Å²) in [4.78, 5) is 9.92. The number of nitrogens with zero attached hydrogens (tertiary/aromatic N) is 1. The van der Waals surface area contributed by atoms with E-state index in [9.17, 15) is 4.79 Å². The van der Waals surface area contributed by atoms with Gasteiger partial charge in [-0.05, 0) is 6.42 Å². The van der Waals surface area contributed by atoms with Crippen LogP contribution in [0.3, 0.4) is 0 Å². The Morgan fingerprint density at radius 3 is 2.73 bits per heavy atom. The molecule has 0 saturated carbocycles. The van der Waals surface area contributed by atoms with E-state index in [2.05, 4.69) is 0 Å². The summed E-state index contributed by atoms with van der Waals surface area (Å²) in [6, 6.07) is 1.94. The molecule has 11 heavy (non-hydrogen) atoms. The fourth-order valence-electron chi connectivity index (χ4n) is 0.480. The third-order valence-electron chi connectivity index (χ3n) is 0.908. The molecule has 3 nitrogen and oxygen atoms in total. The van der Waals surface area contributed by atoms with Crippen LogP contribution in [0.1, 0.15) is 12.8 Å². The molecular formula is C8H9NO2. The smallest absolute Gasteiger partial charge is 0.327 e. The fourth-order valence-corrected chi connectivity index (χ4v) is 0.480. The SMILES string of the molecule is N#CCC=CCC=CC(=O)O. The molecule has 0 rings (SSSR count). The molecule has 0 fully saturated rings. The van der Waals surface area contributed by atoms with E-state index in [-0.39, 0.29) is 0 Å². The van der Waals surface area contributed by atoms with Crippen LogP contribution < -0.4 is 0 Å². The molecule has 0 aromatic carbocycles. The highest BCUT2D eigenvalue weighted by atomic mass is 16.4. The minimum atomic E-state index is -0.946. The lowest BCUT2D eigenvalue weighted by Gasteiger charge is -1.79. The van der Waals surface area contributed by atoms with E-state index in [0.717, 1.165) is 6.08 Å². The first-order chi connectivity index (χ1) is 5.27. The topological polar surface area (TPSA) is 61.1 Å². The van der Waals surface area contributed by atoms with E-state index in [1.165, 1.54) is 6.08 Å². The van der Waals surface area contributed by atoms with Crippen LogP contribution in [0.2, 0.25) is 0 Å². The van der Waals surface area contributed by atoms with Gasteiger partial charge in [0.25, 0.3) is 0 Å². The number of rotatable bonds is 4. The summed E-state index contributed by atoms with van der Waals surface area (Å²) in [6.07, 6.45) is 7.00. The summed E-state index contributed by atoms with van der Waals surface area (Å²) in [5.41, 5.74) is 0. The molecule has 58 valence electrons. The summed E-state index contributed by atoms with van der Waals surface area (Å²) in [6.45, 7) is 0. The molecule has 1 N–H and O–H groups in total. The number of aliphatic carboxylic acids is 1. The van der Waals surface area contributed by atoms with E-state index in [1.807, 2.05) is 6.07 Å². The fraction of sp³-hybridized carbons (Fsp3) is 0.250. The molecule has 3 heteroatoms. The maximum absolute atomic E-state index is 9.92. The molecule has 0 saturated heterocycles. The van der Waals surface area contributed by atoms with Gasteiger partial charge in [-0.15, -0.1) is 0 Å². The lowest BCUT2D eigenvalue weighted by molar-refractivity contribution is -0.131. The van der Waals surface area contributed by atoms with Gasteiger partial charge in [-0.25, -0.2) is 4.79 Å². The Bertz CT molecular complexity index is 211. The van der Waals surface area contributed by atoms with Crippen LogP contribution in [0.4, 0.5) is 0 Å².